The number of hydrogen-bond acceptors (Lipinski definition) is 5. The lowest BCUT2D eigenvalue weighted by Crippen LogP contribution is -2.03. The van der Waals surface area contributed by atoms with Gasteiger partial charge in [-0.1, -0.05) is 18.2 Å². The summed E-state index contributed by atoms with van der Waals surface area (Å²) < 4.78 is 35.2. The molecule has 25 heavy (non-hydrogen) atoms. The summed E-state index contributed by atoms with van der Waals surface area (Å²) in [5.41, 5.74) is 1.82. The first-order valence-electron chi connectivity index (χ1n) is 7.21. The fourth-order valence-corrected chi connectivity index (χ4v) is 3.19. The van der Waals surface area contributed by atoms with Crippen molar-refractivity contribution >= 4 is 33.2 Å². The molecule has 0 aliphatic heterocycles. The molecule has 0 radical (unpaired) electrons. The Labute approximate surface area is 146 Å². The monoisotopic (exact) mass is 358 g/mol. The van der Waals surface area contributed by atoms with Crippen molar-refractivity contribution in [3.63, 3.8) is 0 Å². The summed E-state index contributed by atoms with van der Waals surface area (Å²) in [6.45, 7) is -2.94. The highest BCUT2D eigenvalue weighted by Crippen LogP contribution is 2.32. The molecule has 0 bridgehead atoms. The molecule has 0 spiro atoms. The highest BCUT2D eigenvalue weighted by atomic mass is 32.1. The van der Waals surface area contributed by atoms with E-state index in [2.05, 4.69) is 15.8 Å². The lowest BCUT2D eigenvalue weighted by atomic mass is 10.1. The second-order valence-corrected chi connectivity index (χ2v) is 5.98. The van der Waals surface area contributed by atoms with Crippen LogP contribution in [0.15, 0.2) is 42.5 Å². The van der Waals surface area contributed by atoms with Crippen molar-refractivity contribution in [2.75, 3.05) is 7.11 Å². The molecule has 0 saturated carbocycles. The summed E-state index contributed by atoms with van der Waals surface area (Å²) in [7, 11) is 1.36. The van der Waals surface area contributed by atoms with Gasteiger partial charge in [0.15, 0.2) is 11.5 Å². The van der Waals surface area contributed by atoms with Crippen LogP contribution in [0.4, 0.5) is 8.78 Å². The number of methoxy groups -OCH3 is 1. The van der Waals surface area contributed by atoms with Gasteiger partial charge in [0.1, 0.15) is 11.1 Å². The molecule has 3 rings (SSSR count). The van der Waals surface area contributed by atoms with Crippen LogP contribution < -0.4 is 9.47 Å². The lowest BCUT2D eigenvalue weighted by molar-refractivity contribution is -0.0512. The lowest BCUT2D eigenvalue weighted by Gasteiger charge is -2.10. The summed E-state index contributed by atoms with van der Waals surface area (Å²) in [6.07, 6.45) is 1.63. The summed E-state index contributed by atoms with van der Waals surface area (Å²) in [4.78, 5) is 4.45. The standard InChI is InChI=1S/C18H12F2N2O2S/c1-23-15-9-11(6-7-14(15)24-18(19)20)8-12(10-21)17-22-13-4-2-3-5-16(13)25-17/h2-9,18H,1H3. The molecule has 0 amide bonds. The van der Waals surface area contributed by atoms with Gasteiger partial charge in [-0.3, -0.25) is 0 Å². The average molecular weight is 358 g/mol. The van der Waals surface area contributed by atoms with Crippen molar-refractivity contribution < 1.29 is 18.3 Å². The summed E-state index contributed by atoms with van der Waals surface area (Å²) >= 11 is 1.41. The Morgan fingerprint density at radius 3 is 2.72 bits per heavy atom. The molecule has 0 atom stereocenters. The highest BCUT2D eigenvalue weighted by Gasteiger charge is 2.12. The molecule has 0 fully saturated rings. The largest absolute Gasteiger partial charge is 0.493 e. The quantitative estimate of drug-likeness (QED) is 0.604. The zero-order valence-electron chi connectivity index (χ0n) is 13.1. The molecular formula is C18H12F2N2O2S. The van der Waals surface area contributed by atoms with E-state index in [0.717, 1.165) is 10.2 Å². The minimum Gasteiger partial charge on any atom is -0.493 e. The Balaban J connectivity index is 1.98. The van der Waals surface area contributed by atoms with Crippen molar-refractivity contribution in [1.29, 1.82) is 5.26 Å². The van der Waals surface area contributed by atoms with E-state index in [4.69, 9.17) is 4.74 Å². The summed E-state index contributed by atoms with van der Waals surface area (Å²) in [5, 5.41) is 10.1. The molecule has 0 aliphatic rings. The Bertz CT molecular complexity index is 944. The minimum absolute atomic E-state index is 0.0619. The molecule has 126 valence electrons. The van der Waals surface area contributed by atoms with Crippen LogP contribution in [-0.2, 0) is 0 Å². The molecule has 0 N–H and O–H groups in total. The predicted octanol–water partition coefficient (Wildman–Crippen LogP) is 4.97. The number of nitriles is 1. The van der Waals surface area contributed by atoms with Crippen molar-refractivity contribution in [2.24, 2.45) is 0 Å². The first-order chi connectivity index (χ1) is 12.1. The van der Waals surface area contributed by atoms with Crippen LogP contribution in [-0.4, -0.2) is 18.7 Å². The highest BCUT2D eigenvalue weighted by molar-refractivity contribution is 7.19. The van der Waals surface area contributed by atoms with Crippen LogP contribution in [0.25, 0.3) is 21.9 Å². The van der Waals surface area contributed by atoms with Gasteiger partial charge in [-0.2, -0.15) is 14.0 Å². The number of ether oxygens (including phenoxy) is 2. The first kappa shape index (κ1) is 16.9. The van der Waals surface area contributed by atoms with E-state index in [1.165, 1.54) is 30.6 Å². The molecular weight excluding hydrogens is 346 g/mol. The van der Waals surface area contributed by atoms with Gasteiger partial charge < -0.3 is 9.47 Å². The molecule has 0 unspecified atom stereocenters. The summed E-state index contributed by atoms with van der Waals surface area (Å²) in [6, 6.07) is 14.2. The van der Waals surface area contributed by atoms with Gasteiger partial charge in [-0.15, -0.1) is 11.3 Å². The average Bonchev–Trinajstić information content (AvgIpc) is 3.04. The number of alkyl halides is 2. The Hall–Kier alpha value is -2.98. The van der Waals surface area contributed by atoms with Crippen molar-refractivity contribution in [1.82, 2.24) is 4.98 Å². The van der Waals surface area contributed by atoms with E-state index in [1.54, 1.807) is 12.1 Å². The van der Waals surface area contributed by atoms with Gasteiger partial charge in [0.2, 0.25) is 0 Å². The Morgan fingerprint density at radius 2 is 2.04 bits per heavy atom. The Morgan fingerprint density at radius 1 is 1.24 bits per heavy atom. The van der Waals surface area contributed by atoms with Crippen molar-refractivity contribution in [3.8, 4) is 17.6 Å². The maximum absolute atomic E-state index is 12.4. The fraction of sp³-hybridized carbons (Fsp3) is 0.111. The van der Waals surface area contributed by atoms with Crippen LogP contribution in [0.1, 0.15) is 10.6 Å². The molecule has 2 aromatic carbocycles. The van der Waals surface area contributed by atoms with E-state index < -0.39 is 6.61 Å². The molecule has 1 heterocycles. The van der Waals surface area contributed by atoms with Crippen LogP contribution in [0.2, 0.25) is 0 Å². The van der Waals surface area contributed by atoms with Crippen molar-refractivity contribution in [2.45, 2.75) is 6.61 Å². The predicted molar refractivity (Wildman–Crippen MR) is 92.7 cm³/mol. The number of benzene rings is 2. The first-order valence-corrected chi connectivity index (χ1v) is 8.03. The van der Waals surface area contributed by atoms with Crippen LogP contribution in [0.5, 0.6) is 11.5 Å². The van der Waals surface area contributed by atoms with E-state index in [1.807, 2.05) is 24.3 Å². The molecule has 0 saturated heterocycles. The number of aromatic nitrogens is 1. The van der Waals surface area contributed by atoms with Crippen molar-refractivity contribution in [3.05, 3.63) is 53.0 Å². The number of para-hydroxylation sites is 1. The maximum Gasteiger partial charge on any atom is 0.387 e. The molecule has 3 aromatic rings. The number of nitrogens with zero attached hydrogens (tertiary/aromatic N) is 2. The normalized spacial score (nSPS) is 11.6. The van der Waals surface area contributed by atoms with Gasteiger partial charge in [-0.05, 0) is 35.9 Å². The van der Waals surface area contributed by atoms with E-state index in [0.29, 0.717) is 16.1 Å². The number of thiazole rings is 1. The fourth-order valence-electron chi connectivity index (χ4n) is 2.26. The second kappa shape index (κ2) is 7.28. The molecule has 0 aliphatic carbocycles. The van der Waals surface area contributed by atoms with E-state index in [-0.39, 0.29) is 11.5 Å². The maximum atomic E-state index is 12.4. The molecule has 7 heteroatoms. The zero-order valence-corrected chi connectivity index (χ0v) is 13.9. The summed E-state index contributed by atoms with van der Waals surface area (Å²) in [5.74, 6) is 0.101. The second-order valence-electron chi connectivity index (χ2n) is 4.95. The smallest absolute Gasteiger partial charge is 0.387 e. The van der Waals surface area contributed by atoms with Crippen LogP contribution in [0.3, 0.4) is 0 Å². The van der Waals surface area contributed by atoms with E-state index >= 15 is 0 Å². The van der Waals surface area contributed by atoms with Crippen LogP contribution >= 0.6 is 11.3 Å². The third-order valence-electron chi connectivity index (χ3n) is 3.36. The topological polar surface area (TPSA) is 55.1 Å². The van der Waals surface area contributed by atoms with Crippen LogP contribution in [0, 0.1) is 11.3 Å². The van der Waals surface area contributed by atoms with Gasteiger partial charge in [0.05, 0.1) is 22.9 Å². The minimum atomic E-state index is -2.94. The van der Waals surface area contributed by atoms with Gasteiger partial charge in [-0.25, -0.2) is 4.98 Å². The Kier molecular flexibility index (Phi) is 4.91. The third-order valence-corrected chi connectivity index (χ3v) is 4.43. The number of rotatable bonds is 5. The van der Waals surface area contributed by atoms with Gasteiger partial charge in [0.25, 0.3) is 0 Å². The molecule has 4 nitrogen and oxygen atoms in total. The molecule has 1 aromatic heterocycles. The van der Waals surface area contributed by atoms with Gasteiger partial charge >= 0.3 is 6.61 Å². The number of allylic oxidation sites excluding steroid dienone is 1. The number of fused-ring (bicyclic) bond motifs is 1. The number of hydrogen-bond donors (Lipinski definition) is 0. The number of halogens is 2. The zero-order chi connectivity index (χ0) is 17.8. The SMILES string of the molecule is COc1cc(C=C(C#N)c2nc3ccccc3s2)ccc1OC(F)F. The van der Waals surface area contributed by atoms with Gasteiger partial charge in [0, 0.05) is 0 Å². The third kappa shape index (κ3) is 3.75. The van der Waals surface area contributed by atoms with E-state index in [9.17, 15) is 14.0 Å².